The van der Waals surface area contributed by atoms with E-state index >= 15 is 0 Å². The zero-order chi connectivity index (χ0) is 23.8. The summed E-state index contributed by atoms with van der Waals surface area (Å²) in [6, 6.07) is 14.7. The van der Waals surface area contributed by atoms with Crippen LogP contribution in [0.1, 0.15) is 49.7 Å². The number of carbonyl (C=O) groups excluding carboxylic acids is 2. The van der Waals surface area contributed by atoms with E-state index in [1.165, 1.54) is 0 Å². The molecule has 0 aromatic heterocycles. The number of amides is 2. The Morgan fingerprint density at radius 3 is 2.21 bits per heavy atom. The van der Waals surface area contributed by atoms with Crippen molar-refractivity contribution in [2.45, 2.75) is 50.6 Å². The zero-order valence-electron chi connectivity index (χ0n) is 18.5. The maximum atomic E-state index is 12.6. The van der Waals surface area contributed by atoms with Crippen LogP contribution in [-0.2, 0) is 14.3 Å². The molecule has 2 amide bonds. The summed E-state index contributed by atoms with van der Waals surface area (Å²) >= 11 is 0. The van der Waals surface area contributed by atoms with Gasteiger partial charge < -0.3 is 20.5 Å². The number of alkyl carbamates (subject to hydrolysis) is 1. The van der Waals surface area contributed by atoms with Crippen molar-refractivity contribution in [2.75, 3.05) is 6.61 Å². The van der Waals surface area contributed by atoms with Crippen molar-refractivity contribution < 1.29 is 24.2 Å². The molecule has 2 unspecified atom stereocenters. The first kappa shape index (κ1) is 23.9. The molecule has 0 saturated heterocycles. The number of rotatable bonds is 10. The van der Waals surface area contributed by atoms with Crippen LogP contribution < -0.4 is 10.6 Å². The van der Waals surface area contributed by atoms with Gasteiger partial charge in [0, 0.05) is 24.8 Å². The predicted molar refractivity (Wildman–Crippen MR) is 125 cm³/mol. The van der Waals surface area contributed by atoms with Gasteiger partial charge >= 0.3 is 12.1 Å². The summed E-state index contributed by atoms with van der Waals surface area (Å²) in [5.74, 6) is 0.909. The second kappa shape index (κ2) is 11.2. The minimum Gasteiger partial charge on any atom is -0.481 e. The van der Waals surface area contributed by atoms with Gasteiger partial charge in [-0.2, -0.15) is 0 Å². The van der Waals surface area contributed by atoms with Crippen LogP contribution in [0.5, 0.6) is 0 Å². The fourth-order valence-electron chi connectivity index (χ4n) is 4.09. The van der Waals surface area contributed by atoms with Crippen molar-refractivity contribution in [3.8, 4) is 23.5 Å². The van der Waals surface area contributed by atoms with Crippen LogP contribution in [0.25, 0.3) is 11.1 Å². The van der Waals surface area contributed by atoms with Gasteiger partial charge in [0.05, 0.1) is 0 Å². The molecule has 33 heavy (non-hydrogen) atoms. The molecule has 2 aromatic carbocycles. The van der Waals surface area contributed by atoms with Gasteiger partial charge in [0.1, 0.15) is 12.6 Å². The Labute approximate surface area is 193 Å². The number of benzene rings is 2. The first-order valence-corrected chi connectivity index (χ1v) is 11.0. The molecule has 0 saturated carbocycles. The lowest BCUT2D eigenvalue weighted by atomic mass is 9.98. The quantitative estimate of drug-likeness (QED) is 0.481. The number of fused-ring (bicyclic) bond motifs is 3. The molecule has 2 atom stereocenters. The van der Waals surface area contributed by atoms with Gasteiger partial charge in [-0.3, -0.25) is 9.59 Å². The van der Waals surface area contributed by atoms with Crippen LogP contribution in [0.3, 0.4) is 0 Å². The van der Waals surface area contributed by atoms with E-state index in [2.05, 4.69) is 28.7 Å². The molecule has 0 aliphatic heterocycles. The highest BCUT2D eigenvalue weighted by molar-refractivity contribution is 5.86. The maximum absolute atomic E-state index is 12.6. The second-order valence-corrected chi connectivity index (χ2v) is 7.98. The lowest BCUT2D eigenvalue weighted by molar-refractivity contribution is -0.137. The number of ether oxygens (including phenoxy) is 1. The fraction of sp³-hybridized carbons (Fsp3) is 0.346. The summed E-state index contributed by atoms with van der Waals surface area (Å²) in [6.07, 6.45) is 5.45. The van der Waals surface area contributed by atoms with E-state index in [9.17, 15) is 14.4 Å². The topological polar surface area (TPSA) is 105 Å². The van der Waals surface area contributed by atoms with Gasteiger partial charge in [-0.15, -0.1) is 12.3 Å². The van der Waals surface area contributed by atoms with Crippen molar-refractivity contribution >= 4 is 18.0 Å². The maximum Gasteiger partial charge on any atom is 0.407 e. The van der Waals surface area contributed by atoms with Crippen molar-refractivity contribution in [2.24, 2.45) is 0 Å². The Bertz CT molecular complexity index is 1010. The van der Waals surface area contributed by atoms with E-state index in [-0.39, 0.29) is 31.4 Å². The molecule has 3 N–H and O–H groups in total. The third kappa shape index (κ3) is 5.92. The molecular weight excluding hydrogens is 420 g/mol. The lowest BCUT2D eigenvalue weighted by Gasteiger charge is -2.22. The third-order valence-corrected chi connectivity index (χ3v) is 5.82. The molecule has 7 heteroatoms. The number of nitrogens with one attached hydrogen (secondary N) is 2. The number of aliphatic carboxylic acids is 1. The van der Waals surface area contributed by atoms with E-state index in [4.69, 9.17) is 16.3 Å². The Kier molecular flexibility index (Phi) is 8.09. The number of carboxylic acid groups (broad SMARTS) is 1. The van der Waals surface area contributed by atoms with Gasteiger partial charge in [0.15, 0.2) is 0 Å². The van der Waals surface area contributed by atoms with E-state index in [0.717, 1.165) is 22.3 Å². The second-order valence-electron chi connectivity index (χ2n) is 7.98. The van der Waals surface area contributed by atoms with Gasteiger partial charge in [-0.25, -0.2) is 4.79 Å². The molecule has 0 bridgehead atoms. The third-order valence-electron chi connectivity index (χ3n) is 5.82. The predicted octanol–water partition coefficient (Wildman–Crippen LogP) is 3.68. The first-order valence-electron chi connectivity index (χ1n) is 11.0. The van der Waals surface area contributed by atoms with Crippen LogP contribution in [0, 0.1) is 12.3 Å². The highest BCUT2D eigenvalue weighted by atomic mass is 16.5. The SMILES string of the molecule is C#CCC(NC(=O)OCC1c2ccccc2-c2ccccc21)C(=O)NC(CC)CCC(=O)O. The van der Waals surface area contributed by atoms with Crippen molar-refractivity contribution in [3.05, 3.63) is 59.7 Å². The van der Waals surface area contributed by atoms with Crippen LogP contribution in [0.15, 0.2) is 48.5 Å². The summed E-state index contributed by atoms with van der Waals surface area (Å²) in [4.78, 5) is 36.0. The van der Waals surface area contributed by atoms with Crippen LogP contribution in [-0.4, -0.2) is 41.8 Å². The number of hydrogen-bond acceptors (Lipinski definition) is 4. The molecule has 7 nitrogen and oxygen atoms in total. The monoisotopic (exact) mass is 448 g/mol. The Balaban J connectivity index is 1.61. The van der Waals surface area contributed by atoms with Crippen LogP contribution >= 0.6 is 0 Å². The van der Waals surface area contributed by atoms with Crippen LogP contribution in [0.4, 0.5) is 4.79 Å². The molecule has 0 heterocycles. The smallest absolute Gasteiger partial charge is 0.407 e. The van der Waals surface area contributed by atoms with E-state index in [1.54, 1.807) is 0 Å². The largest absolute Gasteiger partial charge is 0.481 e. The normalized spacial score (nSPS) is 13.7. The van der Waals surface area contributed by atoms with E-state index in [0.29, 0.717) is 12.8 Å². The summed E-state index contributed by atoms with van der Waals surface area (Å²) in [5, 5.41) is 14.2. The fourth-order valence-corrected chi connectivity index (χ4v) is 4.09. The molecule has 0 radical (unpaired) electrons. The van der Waals surface area contributed by atoms with Crippen molar-refractivity contribution in [1.82, 2.24) is 10.6 Å². The number of carbonyl (C=O) groups is 3. The number of terminal acetylenes is 1. The molecule has 1 aliphatic rings. The average molecular weight is 449 g/mol. The lowest BCUT2D eigenvalue weighted by Crippen LogP contribution is -2.49. The Hall–Kier alpha value is -3.79. The van der Waals surface area contributed by atoms with Crippen molar-refractivity contribution in [3.63, 3.8) is 0 Å². The standard InChI is InChI=1S/C26H28N2O5/c1-3-9-23(25(31)27-17(4-2)14-15-24(29)30)28-26(32)33-16-22-20-12-7-5-10-18(20)19-11-6-8-13-21(19)22/h1,5-8,10-13,17,22-23H,4,9,14-16H2,2H3,(H,27,31)(H,28,32)(H,29,30). The molecule has 3 rings (SSSR count). The van der Waals surface area contributed by atoms with Crippen molar-refractivity contribution in [1.29, 1.82) is 0 Å². The van der Waals surface area contributed by atoms with E-state index in [1.807, 2.05) is 43.3 Å². The van der Waals surface area contributed by atoms with Gasteiger partial charge in [-0.1, -0.05) is 55.5 Å². The Morgan fingerprint density at radius 2 is 1.67 bits per heavy atom. The van der Waals surface area contributed by atoms with E-state index < -0.39 is 24.0 Å². The number of carboxylic acids is 1. The summed E-state index contributed by atoms with van der Waals surface area (Å²) < 4.78 is 5.50. The zero-order valence-corrected chi connectivity index (χ0v) is 18.5. The Morgan fingerprint density at radius 1 is 1.06 bits per heavy atom. The minimum absolute atomic E-state index is 0.00854. The summed E-state index contributed by atoms with van der Waals surface area (Å²) in [5.41, 5.74) is 4.43. The van der Waals surface area contributed by atoms with Gasteiger partial charge in [0.2, 0.25) is 5.91 Å². The molecule has 0 fully saturated rings. The molecule has 2 aromatic rings. The first-order chi connectivity index (χ1) is 15.9. The average Bonchev–Trinajstić information content (AvgIpc) is 3.13. The van der Waals surface area contributed by atoms with Gasteiger partial charge in [-0.05, 0) is 35.1 Å². The summed E-state index contributed by atoms with van der Waals surface area (Å²) in [6.45, 7) is 1.97. The minimum atomic E-state index is -0.968. The van der Waals surface area contributed by atoms with Crippen LogP contribution in [0.2, 0.25) is 0 Å². The van der Waals surface area contributed by atoms with Gasteiger partial charge in [0.25, 0.3) is 0 Å². The highest BCUT2D eigenvalue weighted by Crippen LogP contribution is 2.44. The summed E-state index contributed by atoms with van der Waals surface area (Å²) in [7, 11) is 0. The molecule has 172 valence electrons. The molecular formula is C26H28N2O5. The number of hydrogen-bond donors (Lipinski definition) is 3. The highest BCUT2D eigenvalue weighted by Gasteiger charge is 2.30. The molecule has 1 aliphatic carbocycles. The molecule has 0 spiro atoms.